The number of carboxylic acid groups (broad SMARTS) is 1. The number of anilines is 1. The van der Waals surface area contributed by atoms with Crippen LogP contribution in [0.1, 0.15) is 36.8 Å². The lowest BCUT2D eigenvalue weighted by Gasteiger charge is -2.20. The number of nitrogens with zero attached hydrogens (tertiary/aromatic N) is 1. The predicted molar refractivity (Wildman–Crippen MR) is 91.8 cm³/mol. The SMILES string of the molecule is CC(C)c1ccc(S(=O)(=O)N2CC(C(=O)O)c3cccc(F)c32)cc1. The van der Waals surface area contributed by atoms with Crippen molar-refractivity contribution in [1.82, 2.24) is 0 Å². The number of para-hydroxylation sites is 1. The Hall–Kier alpha value is -2.41. The van der Waals surface area contributed by atoms with E-state index in [4.69, 9.17) is 0 Å². The van der Waals surface area contributed by atoms with Gasteiger partial charge in [0.1, 0.15) is 11.7 Å². The number of benzene rings is 2. The van der Waals surface area contributed by atoms with Crippen LogP contribution in [0.25, 0.3) is 0 Å². The van der Waals surface area contributed by atoms with Crippen molar-refractivity contribution < 1.29 is 22.7 Å². The number of carbonyl (C=O) groups is 1. The molecule has 1 N–H and O–H groups in total. The molecule has 132 valence electrons. The maximum absolute atomic E-state index is 14.3. The number of rotatable bonds is 4. The van der Waals surface area contributed by atoms with Gasteiger partial charge < -0.3 is 5.11 Å². The highest BCUT2D eigenvalue weighted by atomic mass is 32.2. The number of hydrogen-bond donors (Lipinski definition) is 1. The van der Waals surface area contributed by atoms with E-state index in [0.717, 1.165) is 15.9 Å². The van der Waals surface area contributed by atoms with Gasteiger partial charge in [0.05, 0.1) is 17.1 Å². The van der Waals surface area contributed by atoms with E-state index in [2.05, 4.69) is 0 Å². The highest BCUT2D eigenvalue weighted by Crippen LogP contribution is 2.41. The molecule has 2 aromatic rings. The van der Waals surface area contributed by atoms with Crippen LogP contribution >= 0.6 is 0 Å². The smallest absolute Gasteiger partial charge is 0.312 e. The van der Waals surface area contributed by atoms with Gasteiger partial charge >= 0.3 is 5.97 Å². The maximum Gasteiger partial charge on any atom is 0.312 e. The molecule has 0 saturated heterocycles. The van der Waals surface area contributed by atoms with Crippen LogP contribution in [-0.4, -0.2) is 26.0 Å². The largest absolute Gasteiger partial charge is 0.481 e. The summed E-state index contributed by atoms with van der Waals surface area (Å²) in [6, 6.07) is 10.3. The van der Waals surface area contributed by atoms with Crippen LogP contribution in [0.15, 0.2) is 47.4 Å². The van der Waals surface area contributed by atoms with Crippen molar-refractivity contribution in [3.05, 3.63) is 59.4 Å². The minimum absolute atomic E-state index is 0.0112. The van der Waals surface area contributed by atoms with Gasteiger partial charge in [0.2, 0.25) is 0 Å². The fraction of sp³-hybridized carbons (Fsp3) is 0.278. The molecule has 0 amide bonds. The van der Waals surface area contributed by atoms with Crippen LogP contribution in [0.2, 0.25) is 0 Å². The fourth-order valence-corrected chi connectivity index (χ4v) is 4.53. The van der Waals surface area contributed by atoms with Gasteiger partial charge in [-0.25, -0.2) is 12.8 Å². The highest BCUT2D eigenvalue weighted by molar-refractivity contribution is 7.92. The lowest BCUT2D eigenvalue weighted by molar-refractivity contribution is -0.138. The van der Waals surface area contributed by atoms with E-state index in [-0.39, 0.29) is 28.6 Å². The Labute approximate surface area is 145 Å². The van der Waals surface area contributed by atoms with Gasteiger partial charge in [0.25, 0.3) is 10.0 Å². The topological polar surface area (TPSA) is 74.7 Å². The zero-order valence-corrected chi connectivity index (χ0v) is 14.6. The predicted octanol–water partition coefficient (Wildman–Crippen LogP) is 3.33. The summed E-state index contributed by atoms with van der Waals surface area (Å²) in [5.74, 6) is -2.77. The van der Waals surface area contributed by atoms with Gasteiger partial charge in [-0.1, -0.05) is 38.1 Å². The Morgan fingerprint density at radius 1 is 1.20 bits per heavy atom. The summed E-state index contributed by atoms with van der Waals surface area (Å²) in [5, 5.41) is 9.36. The second-order valence-electron chi connectivity index (χ2n) is 6.33. The van der Waals surface area contributed by atoms with Crippen molar-refractivity contribution in [2.45, 2.75) is 30.6 Å². The average molecular weight is 363 g/mol. The Morgan fingerprint density at radius 3 is 2.40 bits per heavy atom. The normalized spacial score (nSPS) is 17.0. The molecule has 0 fully saturated rings. The first-order chi connectivity index (χ1) is 11.7. The third-order valence-electron chi connectivity index (χ3n) is 4.42. The fourth-order valence-electron chi connectivity index (χ4n) is 3.01. The van der Waals surface area contributed by atoms with Crippen LogP contribution in [0, 0.1) is 5.82 Å². The van der Waals surface area contributed by atoms with Gasteiger partial charge in [0.15, 0.2) is 0 Å². The monoisotopic (exact) mass is 363 g/mol. The summed E-state index contributed by atoms with van der Waals surface area (Å²) in [6.07, 6.45) is 0. The van der Waals surface area contributed by atoms with Crippen LogP contribution < -0.4 is 4.31 Å². The molecule has 1 atom stereocenters. The van der Waals surface area contributed by atoms with Crippen LogP contribution in [-0.2, 0) is 14.8 Å². The van der Waals surface area contributed by atoms with E-state index in [1.165, 1.54) is 24.3 Å². The van der Waals surface area contributed by atoms with Crippen LogP contribution in [0.5, 0.6) is 0 Å². The molecule has 0 aromatic heterocycles. The van der Waals surface area contributed by atoms with Gasteiger partial charge in [-0.15, -0.1) is 0 Å². The quantitative estimate of drug-likeness (QED) is 0.904. The standard InChI is InChI=1S/C18H18FNO4S/c1-11(2)12-6-8-13(9-7-12)25(23,24)20-10-15(18(21)22)14-4-3-5-16(19)17(14)20/h3-9,11,15H,10H2,1-2H3,(H,21,22). The van der Waals surface area contributed by atoms with Gasteiger partial charge in [0, 0.05) is 0 Å². The second-order valence-corrected chi connectivity index (χ2v) is 8.19. The Balaban J connectivity index is 2.08. The molecule has 7 heteroatoms. The third-order valence-corrected chi connectivity index (χ3v) is 6.20. The van der Waals surface area contributed by atoms with Crippen LogP contribution in [0.4, 0.5) is 10.1 Å². The van der Waals surface area contributed by atoms with Gasteiger partial charge in [-0.2, -0.15) is 0 Å². The van der Waals surface area contributed by atoms with Crippen molar-refractivity contribution in [3.63, 3.8) is 0 Å². The number of aliphatic carboxylic acids is 1. The Bertz CT molecular complexity index is 923. The first kappa shape index (κ1) is 17.4. The van der Waals surface area contributed by atoms with E-state index >= 15 is 0 Å². The molecule has 0 aliphatic carbocycles. The molecule has 1 heterocycles. The summed E-state index contributed by atoms with van der Waals surface area (Å²) in [7, 11) is -4.05. The van der Waals surface area contributed by atoms with Crippen molar-refractivity contribution in [3.8, 4) is 0 Å². The molecule has 0 bridgehead atoms. The molecule has 0 radical (unpaired) electrons. The molecule has 3 rings (SSSR count). The molecule has 25 heavy (non-hydrogen) atoms. The van der Waals surface area contributed by atoms with E-state index in [0.29, 0.717) is 0 Å². The highest BCUT2D eigenvalue weighted by Gasteiger charge is 2.41. The molecule has 5 nitrogen and oxygen atoms in total. The lowest BCUT2D eigenvalue weighted by atomic mass is 10.0. The molecule has 1 aliphatic heterocycles. The molecule has 0 saturated carbocycles. The van der Waals surface area contributed by atoms with E-state index in [9.17, 15) is 22.7 Å². The van der Waals surface area contributed by atoms with Crippen molar-refractivity contribution in [2.75, 3.05) is 10.8 Å². The number of hydrogen-bond acceptors (Lipinski definition) is 3. The zero-order chi connectivity index (χ0) is 18.4. The van der Waals surface area contributed by atoms with Crippen molar-refractivity contribution in [2.24, 2.45) is 0 Å². The first-order valence-electron chi connectivity index (χ1n) is 7.87. The van der Waals surface area contributed by atoms with Crippen molar-refractivity contribution in [1.29, 1.82) is 0 Å². The molecule has 1 unspecified atom stereocenters. The number of halogens is 1. The number of sulfonamides is 1. The number of carboxylic acids is 1. The minimum atomic E-state index is -4.05. The molecular formula is C18H18FNO4S. The summed E-state index contributed by atoms with van der Waals surface area (Å²) in [6.45, 7) is 3.67. The van der Waals surface area contributed by atoms with E-state index in [1.807, 2.05) is 13.8 Å². The minimum Gasteiger partial charge on any atom is -0.481 e. The Kier molecular flexibility index (Phi) is 4.28. The number of fused-ring (bicyclic) bond motifs is 1. The summed E-state index contributed by atoms with van der Waals surface area (Å²) < 4.78 is 41.1. The summed E-state index contributed by atoms with van der Waals surface area (Å²) in [4.78, 5) is 11.5. The third kappa shape index (κ3) is 2.89. The first-order valence-corrected chi connectivity index (χ1v) is 9.31. The average Bonchev–Trinajstić information content (AvgIpc) is 2.97. The second kappa shape index (κ2) is 6.15. The summed E-state index contributed by atoms with van der Waals surface area (Å²) in [5.41, 5.74) is 0.980. The molecule has 1 aliphatic rings. The molecular weight excluding hydrogens is 345 g/mol. The van der Waals surface area contributed by atoms with Gasteiger partial charge in [-0.3, -0.25) is 9.10 Å². The molecule has 0 spiro atoms. The Morgan fingerprint density at radius 2 is 1.84 bits per heavy atom. The maximum atomic E-state index is 14.3. The summed E-state index contributed by atoms with van der Waals surface area (Å²) >= 11 is 0. The van der Waals surface area contributed by atoms with Gasteiger partial charge in [-0.05, 0) is 35.2 Å². The van der Waals surface area contributed by atoms with Crippen LogP contribution in [0.3, 0.4) is 0 Å². The van der Waals surface area contributed by atoms with E-state index < -0.39 is 27.7 Å². The lowest BCUT2D eigenvalue weighted by Crippen LogP contribution is -2.31. The zero-order valence-electron chi connectivity index (χ0n) is 13.8. The molecule has 2 aromatic carbocycles. The van der Waals surface area contributed by atoms with E-state index in [1.54, 1.807) is 12.1 Å². The van der Waals surface area contributed by atoms with Crippen molar-refractivity contribution >= 4 is 21.7 Å².